The lowest BCUT2D eigenvalue weighted by Crippen LogP contribution is -2.64. The zero-order chi connectivity index (χ0) is 21.3. The van der Waals surface area contributed by atoms with Crippen LogP contribution in [-0.2, 0) is 16.0 Å². The van der Waals surface area contributed by atoms with E-state index in [9.17, 15) is 9.59 Å². The molecule has 1 heterocycles. The molecular weight excluding hydrogens is 404 g/mol. The van der Waals surface area contributed by atoms with E-state index in [2.05, 4.69) is 21.5 Å². The zero-order valence-electron chi connectivity index (χ0n) is 16.9. The molecule has 0 saturated carbocycles. The zero-order valence-corrected chi connectivity index (χ0v) is 17.8. The maximum Gasteiger partial charge on any atom is 0.240 e. The first-order chi connectivity index (χ1) is 14.6. The highest BCUT2D eigenvalue weighted by atomic mass is 32.2. The first kappa shape index (κ1) is 21.9. The van der Waals surface area contributed by atoms with Crippen molar-refractivity contribution in [1.82, 2.24) is 16.2 Å². The van der Waals surface area contributed by atoms with E-state index in [-0.39, 0.29) is 17.6 Å². The van der Waals surface area contributed by atoms with Gasteiger partial charge in [0.15, 0.2) is 0 Å². The molecule has 0 radical (unpaired) electrons. The van der Waals surface area contributed by atoms with Crippen molar-refractivity contribution in [3.63, 3.8) is 0 Å². The smallest absolute Gasteiger partial charge is 0.240 e. The van der Waals surface area contributed by atoms with Crippen LogP contribution in [-0.4, -0.2) is 42.8 Å². The Balaban J connectivity index is 1.42. The molecule has 1 fully saturated rings. The number of hydrogen-bond donors (Lipinski definition) is 4. The predicted molar refractivity (Wildman–Crippen MR) is 117 cm³/mol. The number of amides is 2. The average molecular weight is 431 g/mol. The molecule has 0 bridgehead atoms. The van der Waals surface area contributed by atoms with Crippen LogP contribution in [0.4, 0.5) is 5.69 Å². The number of benzene rings is 2. The predicted octanol–water partition coefficient (Wildman–Crippen LogP) is 1.88. The van der Waals surface area contributed by atoms with E-state index >= 15 is 0 Å². The van der Waals surface area contributed by atoms with E-state index in [4.69, 9.17) is 9.47 Å². The van der Waals surface area contributed by atoms with Crippen LogP contribution < -0.4 is 31.0 Å². The van der Waals surface area contributed by atoms with Gasteiger partial charge in [-0.2, -0.15) is 0 Å². The van der Waals surface area contributed by atoms with Gasteiger partial charge in [0, 0.05) is 11.8 Å². The first-order valence-corrected chi connectivity index (χ1v) is 10.7. The van der Waals surface area contributed by atoms with Gasteiger partial charge in [-0.1, -0.05) is 18.2 Å². The van der Waals surface area contributed by atoms with Crippen molar-refractivity contribution in [2.75, 3.05) is 24.8 Å². The largest absolute Gasteiger partial charge is 0.497 e. The second kappa shape index (κ2) is 10.9. The summed E-state index contributed by atoms with van der Waals surface area (Å²) in [6, 6.07) is 14.4. The monoisotopic (exact) mass is 430 g/mol. The Morgan fingerprint density at radius 3 is 2.63 bits per heavy atom. The molecule has 30 heavy (non-hydrogen) atoms. The Morgan fingerprint density at radius 1 is 1.13 bits per heavy atom. The van der Waals surface area contributed by atoms with Crippen molar-refractivity contribution in [2.45, 2.75) is 24.9 Å². The third-order valence-corrected chi connectivity index (χ3v) is 5.39. The quantitative estimate of drug-likeness (QED) is 0.482. The van der Waals surface area contributed by atoms with Crippen LogP contribution >= 0.6 is 11.8 Å². The minimum atomic E-state index is -0.398. The van der Waals surface area contributed by atoms with Crippen LogP contribution in [0.5, 0.6) is 11.5 Å². The highest BCUT2D eigenvalue weighted by Crippen LogP contribution is 2.18. The lowest BCUT2D eigenvalue weighted by molar-refractivity contribution is -0.125. The summed E-state index contributed by atoms with van der Waals surface area (Å²) in [6.45, 7) is 2.55. The Kier molecular flexibility index (Phi) is 7.95. The molecule has 1 aliphatic heterocycles. The summed E-state index contributed by atoms with van der Waals surface area (Å²) < 4.78 is 10.6. The van der Waals surface area contributed by atoms with Crippen molar-refractivity contribution < 1.29 is 19.1 Å². The molecule has 160 valence electrons. The Morgan fingerprint density at radius 2 is 1.93 bits per heavy atom. The van der Waals surface area contributed by atoms with Gasteiger partial charge in [-0.25, -0.2) is 10.9 Å². The standard InChI is InChI=1S/C21H26N4O4S/c1-3-29-16-9-7-14(8-10-16)11-18-20(27)23-21(25-24-18)30-13-19(26)22-15-5-4-6-17(12-15)28-2/h4-10,12,18,21,24-25H,3,11,13H2,1-2H3,(H,22,26)(H,23,27). The van der Waals surface area contributed by atoms with Crippen molar-refractivity contribution in [1.29, 1.82) is 0 Å². The van der Waals surface area contributed by atoms with E-state index in [0.29, 0.717) is 24.5 Å². The van der Waals surface area contributed by atoms with E-state index < -0.39 is 11.5 Å². The van der Waals surface area contributed by atoms with Crippen LogP contribution in [0.15, 0.2) is 48.5 Å². The third kappa shape index (κ3) is 6.38. The Labute approximate surface area is 180 Å². The Bertz CT molecular complexity index is 862. The summed E-state index contributed by atoms with van der Waals surface area (Å²) in [6.07, 6.45) is 0.541. The number of methoxy groups -OCH3 is 1. The normalized spacial score (nSPS) is 18.4. The summed E-state index contributed by atoms with van der Waals surface area (Å²) in [7, 11) is 1.57. The van der Waals surface area contributed by atoms with Crippen molar-refractivity contribution in [3.8, 4) is 11.5 Å². The molecule has 0 aliphatic carbocycles. The second-order valence-electron chi connectivity index (χ2n) is 6.60. The van der Waals surface area contributed by atoms with E-state index in [1.54, 1.807) is 31.4 Å². The average Bonchev–Trinajstić information content (AvgIpc) is 2.75. The van der Waals surface area contributed by atoms with E-state index in [1.807, 2.05) is 31.2 Å². The number of carbonyl (C=O) groups is 2. The number of rotatable bonds is 9. The highest BCUT2D eigenvalue weighted by molar-refractivity contribution is 8.00. The molecule has 1 aliphatic rings. The summed E-state index contributed by atoms with van der Waals surface area (Å²) in [5.74, 6) is 1.38. The van der Waals surface area contributed by atoms with Gasteiger partial charge in [0.2, 0.25) is 11.8 Å². The topological polar surface area (TPSA) is 101 Å². The maximum absolute atomic E-state index is 12.4. The van der Waals surface area contributed by atoms with Gasteiger partial charge in [-0.3, -0.25) is 9.59 Å². The van der Waals surface area contributed by atoms with Gasteiger partial charge in [0.25, 0.3) is 0 Å². The molecule has 9 heteroatoms. The molecular formula is C21H26N4O4S. The van der Waals surface area contributed by atoms with Crippen LogP contribution in [0.3, 0.4) is 0 Å². The van der Waals surface area contributed by atoms with Gasteiger partial charge < -0.3 is 20.1 Å². The Hall–Kier alpha value is -2.75. The fraction of sp³-hybridized carbons (Fsp3) is 0.333. The minimum Gasteiger partial charge on any atom is -0.497 e. The summed E-state index contributed by atoms with van der Waals surface area (Å²) in [4.78, 5) is 24.6. The molecule has 3 rings (SSSR count). The molecule has 0 spiro atoms. The molecule has 8 nitrogen and oxygen atoms in total. The number of anilines is 1. The number of hydrogen-bond acceptors (Lipinski definition) is 7. The molecule has 2 unspecified atom stereocenters. The highest BCUT2D eigenvalue weighted by Gasteiger charge is 2.27. The molecule has 2 aromatic carbocycles. The molecule has 2 amide bonds. The number of nitrogens with one attached hydrogen (secondary N) is 4. The number of thioether (sulfide) groups is 1. The van der Waals surface area contributed by atoms with Crippen LogP contribution in [0, 0.1) is 0 Å². The fourth-order valence-electron chi connectivity index (χ4n) is 2.92. The number of carbonyl (C=O) groups excluding carboxylic acids is 2. The molecule has 2 aromatic rings. The SMILES string of the molecule is CCOc1ccc(CC2NNC(SCC(=O)Nc3cccc(OC)c3)NC2=O)cc1. The fourth-order valence-corrected chi connectivity index (χ4v) is 3.66. The van der Waals surface area contributed by atoms with E-state index in [0.717, 1.165) is 11.3 Å². The summed E-state index contributed by atoms with van der Waals surface area (Å²) in [5.41, 5.74) is 7.37. The van der Waals surface area contributed by atoms with Crippen LogP contribution in [0.1, 0.15) is 12.5 Å². The molecule has 4 N–H and O–H groups in total. The molecule has 0 aromatic heterocycles. The maximum atomic E-state index is 12.4. The first-order valence-electron chi connectivity index (χ1n) is 9.66. The van der Waals surface area contributed by atoms with Crippen molar-refractivity contribution in [3.05, 3.63) is 54.1 Å². The third-order valence-electron chi connectivity index (χ3n) is 4.39. The molecule has 2 atom stereocenters. The van der Waals surface area contributed by atoms with Gasteiger partial charge in [0.1, 0.15) is 23.0 Å². The van der Waals surface area contributed by atoms with Crippen LogP contribution in [0.2, 0.25) is 0 Å². The second-order valence-corrected chi connectivity index (χ2v) is 7.70. The lowest BCUT2D eigenvalue weighted by atomic mass is 10.1. The van der Waals surface area contributed by atoms with Gasteiger partial charge in [-0.05, 0) is 43.2 Å². The van der Waals surface area contributed by atoms with Crippen LogP contribution in [0.25, 0.3) is 0 Å². The van der Waals surface area contributed by atoms with Gasteiger partial charge >= 0.3 is 0 Å². The molecule has 1 saturated heterocycles. The summed E-state index contributed by atoms with van der Waals surface area (Å²) >= 11 is 1.29. The summed E-state index contributed by atoms with van der Waals surface area (Å²) in [5, 5.41) is 5.69. The van der Waals surface area contributed by atoms with Gasteiger partial charge in [0.05, 0.1) is 19.5 Å². The van der Waals surface area contributed by atoms with Crippen molar-refractivity contribution >= 4 is 29.3 Å². The minimum absolute atomic E-state index is 0.117. The van der Waals surface area contributed by atoms with Crippen molar-refractivity contribution in [2.24, 2.45) is 0 Å². The van der Waals surface area contributed by atoms with E-state index in [1.165, 1.54) is 11.8 Å². The lowest BCUT2D eigenvalue weighted by Gasteiger charge is -2.31. The van der Waals surface area contributed by atoms with Gasteiger partial charge in [-0.15, -0.1) is 11.8 Å². The number of hydrazine groups is 1. The number of ether oxygens (including phenoxy) is 2.